The first kappa shape index (κ1) is 9.14. The molecule has 0 aromatic heterocycles. The molecule has 0 saturated carbocycles. The lowest BCUT2D eigenvalue weighted by Gasteiger charge is -2.06. The number of para-hydroxylation sites is 1. The topological polar surface area (TPSA) is 9.23 Å². The molecule has 1 nitrogen and oxygen atoms in total. The average Bonchev–Trinajstić information content (AvgIpc) is 2.16. The molecule has 1 aromatic rings. The van der Waals surface area contributed by atoms with Crippen LogP contribution in [0.25, 0.3) is 0 Å². The number of rotatable bonds is 4. The Kier molecular flexibility index (Phi) is 3.68. The molecule has 0 radical (unpaired) electrons. The zero-order valence-corrected chi connectivity index (χ0v) is 7.50. The molecular weight excluding hydrogens is 172 g/mol. The van der Waals surface area contributed by atoms with E-state index in [1.165, 1.54) is 0 Å². The molecule has 64 valence electrons. The van der Waals surface area contributed by atoms with Crippen molar-refractivity contribution < 1.29 is 4.74 Å². The normalized spacial score (nSPS) is 12.1. The van der Waals surface area contributed by atoms with Gasteiger partial charge in [0.15, 0.2) is 0 Å². The Morgan fingerprint density at radius 3 is 2.67 bits per heavy atom. The number of alkyl halides is 1. The first-order valence-corrected chi connectivity index (χ1v) is 4.21. The Hall–Kier alpha value is -0.950. The van der Waals surface area contributed by atoms with E-state index in [1.54, 1.807) is 6.08 Å². The van der Waals surface area contributed by atoms with Gasteiger partial charge in [-0.15, -0.1) is 18.2 Å². The monoisotopic (exact) mass is 182 g/mol. The molecule has 1 aromatic carbocycles. The molecule has 0 heterocycles. The van der Waals surface area contributed by atoms with E-state index < -0.39 is 0 Å². The zero-order chi connectivity index (χ0) is 8.81. The summed E-state index contributed by atoms with van der Waals surface area (Å²) in [6.07, 6.45) is 1.66. The Bertz CT molecular complexity index is 233. The first-order chi connectivity index (χ1) is 5.83. The highest BCUT2D eigenvalue weighted by molar-refractivity contribution is 6.21. The predicted molar refractivity (Wildman–Crippen MR) is 51.8 cm³/mol. The molecule has 0 aliphatic heterocycles. The van der Waals surface area contributed by atoms with E-state index in [0.717, 1.165) is 5.75 Å². The molecule has 0 aliphatic carbocycles. The molecule has 1 atom stereocenters. The van der Waals surface area contributed by atoms with Crippen LogP contribution in [0.4, 0.5) is 0 Å². The average molecular weight is 183 g/mol. The fourth-order valence-electron chi connectivity index (χ4n) is 0.761. The SMILES string of the molecule is C=CC(Cl)COc1ccccc1. The van der Waals surface area contributed by atoms with Crippen LogP contribution in [-0.4, -0.2) is 12.0 Å². The quantitative estimate of drug-likeness (QED) is 0.514. The van der Waals surface area contributed by atoms with Gasteiger partial charge < -0.3 is 4.74 Å². The van der Waals surface area contributed by atoms with Crippen molar-refractivity contribution in [2.75, 3.05) is 6.61 Å². The van der Waals surface area contributed by atoms with Crippen molar-refractivity contribution in [3.8, 4) is 5.75 Å². The molecule has 0 fully saturated rings. The van der Waals surface area contributed by atoms with Crippen LogP contribution in [0.2, 0.25) is 0 Å². The van der Waals surface area contributed by atoms with E-state index in [1.807, 2.05) is 30.3 Å². The number of benzene rings is 1. The van der Waals surface area contributed by atoms with E-state index >= 15 is 0 Å². The van der Waals surface area contributed by atoms with Crippen molar-refractivity contribution in [3.63, 3.8) is 0 Å². The molecule has 0 spiro atoms. The van der Waals surface area contributed by atoms with E-state index in [0.29, 0.717) is 6.61 Å². The standard InChI is InChI=1S/C10H11ClO/c1-2-9(11)8-12-10-6-4-3-5-7-10/h2-7,9H,1,8H2. The van der Waals surface area contributed by atoms with Crippen LogP contribution in [0.1, 0.15) is 0 Å². The van der Waals surface area contributed by atoms with Crippen molar-refractivity contribution in [1.82, 2.24) is 0 Å². The van der Waals surface area contributed by atoms with Crippen molar-refractivity contribution in [2.45, 2.75) is 5.38 Å². The summed E-state index contributed by atoms with van der Waals surface area (Å²) in [4.78, 5) is 0. The van der Waals surface area contributed by atoms with Crippen LogP contribution in [0, 0.1) is 0 Å². The van der Waals surface area contributed by atoms with Crippen molar-refractivity contribution in [2.24, 2.45) is 0 Å². The molecular formula is C10H11ClO. The third kappa shape index (κ3) is 2.97. The summed E-state index contributed by atoms with van der Waals surface area (Å²) >= 11 is 5.77. The van der Waals surface area contributed by atoms with Crippen LogP contribution in [-0.2, 0) is 0 Å². The van der Waals surface area contributed by atoms with Gasteiger partial charge in [-0.1, -0.05) is 24.3 Å². The maximum absolute atomic E-state index is 5.77. The summed E-state index contributed by atoms with van der Waals surface area (Å²) in [5.41, 5.74) is 0. The highest BCUT2D eigenvalue weighted by Crippen LogP contribution is 2.09. The minimum Gasteiger partial charge on any atom is -0.492 e. The summed E-state index contributed by atoms with van der Waals surface area (Å²) in [6, 6.07) is 9.58. The fourth-order valence-corrected chi connectivity index (χ4v) is 0.824. The lowest BCUT2D eigenvalue weighted by molar-refractivity contribution is 0.327. The van der Waals surface area contributed by atoms with E-state index in [9.17, 15) is 0 Å². The molecule has 0 amide bonds. The minimum atomic E-state index is -0.120. The van der Waals surface area contributed by atoms with Crippen molar-refractivity contribution in [3.05, 3.63) is 43.0 Å². The Morgan fingerprint density at radius 2 is 2.08 bits per heavy atom. The van der Waals surface area contributed by atoms with Crippen LogP contribution in [0.15, 0.2) is 43.0 Å². The van der Waals surface area contributed by atoms with Gasteiger partial charge >= 0.3 is 0 Å². The van der Waals surface area contributed by atoms with Gasteiger partial charge in [-0.25, -0.2) is 0 Å². The highest BCUT2D eigenvalue weighted by atomic mass is 35.5. The van der Waals surface area contributed by atoms with Crippen molar-refractivity contribution in [1.29, 1.82) is 0 Å². The van der Waals surface area contributed by atoms with Gasteiger partial charge in [0.05, 0.1) is 5.38 Å². The number of halogens is 1. The van der Waals surface area contributed by atoms with Crippen LogP contribution < -0.4 is 4.74 Å². The highest BCUT2D eigenvalue weighted by Gasteiger charge is 1.98. The van der Waals surface area contributed by atoms with E-state index in [-0.39, 0.29) is 5.38 Å². The summed E-state index contributed by atoms with van der Waals surface area (Å²) in [5.74, 6) is 0.838. The Labute approximate surface area is 77.6 Å². The molecule has 1 unspecified atom stereocenters. The third-order valence-electron chi connectivity index (χ3n) is 1.41. The summed E-state index contributed by atoms with van der Waals surface area (Å²) in [5, 5.41) is -0.120. The van der Waals surface area contributed by atoms with Gasteiger partial charge in [-0.2, -0.15) is 0 Å². The van der Waals surface area contributed by atoms with Crippen LogP contribution in [0.5, 0.6) is 5.75 Å². The van der Waals surface area contributed by atoms with Gasteiger partial charge in [0, 0.05) is 0 Å². The third-order valence-corrected chi connectivity index (χ3v) is 1.71. The fraction of sp³-hybridized carbons (Fsp3) is 0.200. The molecule has 0 N–H and O–H groups in total. The smallest absolute Gasteiger partial charge is 0.119 e. The second-order valence-electron chi connectivity index (χ2n) is 2.38. The van der Waals surface area contributed by atoms with Crippen molar-refractivity contribution >= 4 is 11.6 Å². The number of ether oxygens (including phenoxy) is 1. The second-order valence-corrected chi connectivity index (χ2v) is 2.94. The summed E-state index contributed by atoms with van der Waals surface area (Å²) in [7, 11) is 0. The summed E-state index contributed by atoms with van der Waals surface area (Å²) < 4.78 is 5.36. The van der Waals surface area contributed by atoms with Gasteiger partial charge in [0.2, 0.25) is 0 Å². The Balaban J connectivity index is 2.38. The van der Waals surface area contributed by atoms with E-state index in [4.69, 9.17) is 16.3 Å². The van der Waals surface area contributed by atoms with Crippen LogP contribution in [0.3, 0.4) is 0 Å². The molecule has 12 heavy (non-hydrogen) atoms. The second kappa shape index (κ2) is 4.83. The number of hydrogen-bond acceptors (Lipinski definition) is 1. The van der Waals surface area contributed by atoms with Gasteiger partial charge in [0.25, 0.3) is 0 Å². The molecule has 0 aliphatic rings. The molecule has 2 heteroatoms. The predicted octanol–water partition coefficient (Wildman–Crippen LogP) is 2.86. The Morgan fingerprint density at radius 1 is 1.42 bits per heavy atom. The molecule has 1 rings (SSSR count). The molecule has 0 saturated heterocycles. The largest absolute Gasteiger partial charge is 0.492 e. The van der Waals surface area contributed by atoms with Crippen LogP contribution >= 0.6 is 11.6 Å². The zero-order valence-electron chi connectivity index (χ0n) is 6.74. The number of hydrogen-bond donors (Lipinski definition) is 0. The van der Waals surface area contributed by atoms with Gasteiger partial charge in [-0.05, 0) is 12.1 Å². The van der Waals surface area contributed by atoms with E-state index in [2.05, 4.69) is 6.58 Å². The maximum Gasteiger partial charge on any atom is 0.119 e. The first-order valence-electron chi connectivity index (χ1n) is 3.77. The lowest BCUT2D eigenvalue weighted by Crippen LogP contribution is -2.08. The maximum atomic E-state index is 5.77. The van der Waals surface area contributed by atoms with Gasteiger partial charge in [-0.3, -0.25) is 0 Å². The van der Waals surface area contributed by atoms with Gasteiger partial charge in [0.1, 0.15) is 12.4 Å². The lowest BCUT2D eigenvalue weighted by atomic mass is 10.3. The summed E-state index contributed by atoms with van der Waals surface area (Å²) in [6.45, 7) is 4.03. The molecule has 0 bridgehead atoms. The minimum absolute atomic E-state index is 0.120.